The summed E-state index contributed by atoms with van der Waals surface area (Å²) < 4.78 is 12.8. The minimum atomic E-state index is -0.565. The summed E-state index contributed by atoms with van der Waals surface area (Å²) in [6.45, 7) is 1.66. The molecule has 0 amide bonds. The van der Waals surface area contributed by atoms with Gasteiger partial charge in [0.25, 0.3) is 5.69 Å². The molecule has 0 spiro atoms. The van der Waals surface area contributed by atoms with Crippen molar-refractivity contribution in [3.05, 3.63) is 75.1 Å². The van der Waals surface area contributed by atoms with E-state index < -0.39 is 4.92 Å². The molecular weight excluding hydrogens is 261 g/mol. The van der Waals surface area contributed by atoms with Crippen LogP contribution in [0.15, 0.2) is 42.5 Å². The number of nitro benzene ring substituents is 1. The minimum absolute atomic E-state index is 0.00593. The molecule has 102 valence electrons. The molecule has 0 aliphatic rings. The van der Waals surface area contributed by atoms with Gasteiger partial charge in [0, 0.05) is 12.5 Å². The van der Waals surface area contributed by atoms with Crippen LogP contribution in [-0.2, 0) is 6.42 Å². The lowest BCUT2D eigenvalue weighted by molar-refractivity contribution is -0.385. The van der Waals surface area contributed by atoms with Crippen molar-refractivity contribution in [2.24, 2.45) is 0 Å². The molecule has 0 atom stereocenters. The maximum absolute atomic E-state index is 12.8. The number of carbonyl (C=O) groups is 1. The molecule has 0 bridgehead atoms. The highest BCUT2D eigenvalue weighted by atomic mass is 19.1. The second-order valence-electron chi connectivity index (χ2n) is 4.45. The van der Waals surface area contributed by atoms with Crippen molar-refractivity contribution < 1.29 is 14.1 Å². The zero-order chi connectivity index (χ0) is 14.7. The number of carbonyl (C=O) groups excluding carboxylic acids is 1. The Hall–Kier alpha value is -2.56. The van der Waals surface area contributed by atoms with Crippen molar-refractivity contribution in [1.29, 1.82) is 0 Å². The van der Waals surface area contributed by atoms with Gasteiger partial charge in [-0.15, -0.1) is 0 Å². The van der Waals surface area contributed by atoms with Gasteiger partial charge in [-0.25, -0.2) is 4.39 Å². The van der Waals surface area contributed by atoms with Crippen molar-refractivity contribution in [3.63, 3.8) is 0 Å². The molecule has 0 fully saturated rings. The molecule has 5 heteroatoms. The largest absolute Gasteiger partial charge is 0.294 e. The number of nitrogens with zero attached hydrogens (tertiary/aromatic N) is 1. The zero-order valence-corrected chi connectivity index (χ0v) is 10.8. The third kappa shape index (κ3) is 2.88. The smallest absolute Gasteiger partial charge is 0.280 e. The van der Waals surface area contributed by atoms with Crippen molar-refractivity contribution in [1.82, 2.24) is 0 Å². The second-order valence-corrected chi connectivity index (χ2v) is 4.45. The molecule has 0 heterocycles. The Kier molecular flexibility index (Phi) is 3.89. The first-order chi connectivity index (χ1) is 9.49. The molecule has 0 aromatic heterocycles. The lowest BCUT2D eigenvalue weighted by Crippen LogP contribution is -2.09. The number of aryl methyl sites for hydroxylation is 1. The van der Waals surface area contributed by atoms with Crippen molar-refractivity contribution in [3.8, 4) is 0 Å². The number of nitro groups is 1. The lowest BCUT2D eigenvalue weighted by Gasteiger charge is -2.06. The van der Waals surface area contributed by atoms with E-state index in [1.165, 1.54) is 30.3 Å². The number of Topliss-reactive ketones (excluding diaryl/α,β-unsaturated/α-hetero) is 1. The van der Waals surface area contributed by atoms with Crippen molar-refractivity contribution >= 4 is 11.5 Å². The summed E-state index contributed by atoms with van der Waals surface area (Å²) in [7, 11) is 0. The Morgan fingerprint density at radius 3 is 2.45 bits per heavy atom. The molecule has 0 saturated carbocycles. The Labute approximate surface area is 115 Å². The van der Waals surface area contributed by atoms with E-state index in [2.05, 4.69) is 0 Å². The van der Waals surface area contributed by atoms with Gasteiger partial charge in [-0.3, -0.25) is 14.9 Å². The van der Waals surface area contributed by atoms with Crippen LogP contribution in [0, 0.1) is 22.9 Å². The van der Waals surface area contributed by atoms with Crippen LogP contribution in [0.4, 0.5) is 10.1 Å². The molecule has 2 rings (SSSR count). The summed E-state index contributed by atoms with van der Waals surface area (Å²) in [4.78, 5) is 22.7. The van der Waals surface area contributed by atoms with E-state index in [-0.39, 0.29) is 29.3 Å². The van der Waals surface area contributed by atoms with Crippen LogP contribution in [0.25, 0.3) is 0 Å². The van der Waals surface area contributed by atoms with Gasteiger partial charge in [0.2, 0.25) is 0 Å². The van der Waals surface area contributed by atoms with E-state index in [9.17, 15) is 19.3 Å². The highest BCUT2D eigenvalue weighted by Gasteiger charge is 2.21. The number of hydrogen-bond donors (Lipinski definition) is 0. The molecule has 0 aliphatic heterocycles. The monoisotopic (exact) mass is 273 g/mol. The highest BCUT2D eigenvalue weighted by molar-refractivity contribution is 6.02. The van der Waals surface area contributed by atoms with Crippen LogP contribution in [-0.4, -0.2) is 10.7 Å². The summed E-state index contributed by atoms with van der Waals surface area (Å²) in [5.74, 6) is -0.732. The lowest BCUT2D eigenvalue weighted by atomic mass is 9.97. The zero-order valence-electron chi connectivity index (χ0n) is 10.8. The summed E-state index contributed by atoms with van der Waals surface area (Å²) in [6.07, 6.45) is 0.00593. The predicted octanol–water partition coefficient (Wildman–Crippen LogP) is 3.47. The first-order valence-corrected chi connectivity index (χ1v) is 6.00. The number of halogens is 1. The van der Waals surface area contributed by atoms with E-state index in [0.29, 0.717) is 11.1 Å². The summed E-state index contributed by atoms with van der Waals surface area (Å²) >= 11 is 0. The fourth-order valence-corrected chi connectivity index (χ4v) is 2.04. The van der Waals surface area contributed by atoms with Crippen molar-refractivity contribution in [2.75, 3.05) is 0 Å². The number of ketones is 1. The highest BCUT2D eigenvalue weighted by Crippen LogP contribution is 2.23. The van der Waals surface area contributed by atoms with E-state index in [1.54, 1.807) is 19.1 Å². The summed E-state index contributed by atoms with van der Waals surface area (Å²) in [5.41, 5.74) is 1.10. The van der Waals surface area contributed by atoms with Gasteiger partial charge in [-0.2, -0.15) is 0 Å². The Morgan fingerprint density at radius 2 is 1.85 bits per heavy atom. The third-order valence-corrected chi connectivity index (χ3v) is 3.00. The van der Waals surface area contributed by atoms with Crippen LogP contribution >= 0.6 is 0 Å². The van der Waals surface area contributed by atoms with E-state index in [0.717, 1.165) is 0 Å². The topological polar surface area (TPSA) is 60.2 Å². The van der Waals surface area contributed by atoms with Crippen molar-refractivity contribution in [2.45, 2.75) is 13.3 Å². The first-order valence-electron chi connectivity index (χ1n) is 6.00. The Bertz CT molecular complexity index is 665. The fourth-order valence-electron chi connectivity index (χ4n) is 2.04. The molecule has 0 saturated heterocycles. The standard InChI is InChI=1S/C15H12FNO3/c1-10-3-2-4-13(17(19)20)15(10)14(18)9-11-5-7-12(16)8-6-11/h2-8H,9H2,1H3. The van der Waals surface area contributed by atoms with Crippen LogP contribution in [0.2, 0.25) is 0 Å². The molecule has 0 aliphatic carbocycles. The number of rotatable bonds is 4. The first kappa shape index (κ1) is 13.9. The molecule has 4 nitrogen and oxygen atoms in total. The third-order valence-electron chi connectivity index (χ3n) is 3.00. The van der Waals surface area contributed by atoms with Gasteiger partial charge in [-0.05, 0) is 30.2 Å². The normalized spacial score (nSPS) is 10.3. The van der Waals surface area contributed by atoms with Crippen LogP contribution in [0.3, 0.4) is 0 Å². The van der Waals surface area contributed by atoms with Crippen LogP contribution in [0.5, 0.6) is 0 Å². The predicted molar refractivity (Wildman–Crippen MR) is 72.3 cm³/mol. The SMILES string of the molecule is Cc1cccc([N+](=O)[O-])c1C(=O)Cc1ccc(F)cc1. The van der Waals surface area contributed by atoms with Crippen LogP contribution < -0.4 is 0 Å². The quantitative estimate of drug-likeness (QED) is 0.487. The average molecular weight is 273 g/mol. The second kappa shape index (κ2) is 5.61. The number of benzene rings is 2. The molecule has 2 aromatic carbocycles. The van der Waals surface area contributed by atoms with Gasteiger partial charge in [0.05, 0.1) is 10.5 Å². The molecule has 0 N–H and O–H groups in total. The number of hydrogen-bond acceptors (Lipinski definition) is 3. The van der Waals surface area contributed by atoms with E-state index in [4.69, 9.17) is 0 Å². The van der Waals surface area contributed by atoms with E-state index in [1.807, 2.05) is 0 Å². The molecule has 20 heavy (non-hydrogen) atoms. The average Bonchev–Trinajstić information content (AvgIpc) is 2.40. The molecule has 2 aromatic rings. The summed E-state index contributed by atoms with van der Waals surface area (Å²) in [6, 6.07) is 10.0. The Balaban J connectivity index is 2.34. The maximum Gasteiger partial charge on any atom is 0.280 e. The molecule has 0 unspecified atom stereocenters. The van der Waals surface area contributed by atoms with Gasteiger partial charge < -0.3 is 0 Å². The van der Waals surface area contributed by atoms with Gasteiger partial charge in [0.1, 0.15) is 5.82 Å². The van der Waals surface area contributed by atoms with Crippen LogP contribution in [0.1, 0.15) is 21.5 Å². The Morgan fingerprint density at radius 1 is 1.20 bits per heavy atom. The minimum Gasteiger partial charge on any atom is -0.294 e. The fraction of sp³-hybridized carbons (Fsp3) is 0.133. The molecular formula is C15H12FNO3. The van der Waals surface area contributed by atoms with E-state index >= 15 is 0 Å². The maximum atomic E-state index is 12.8. The van der Waals surface area contributed by atoms with Gasteiger partial charge in [-0.1, -0.05) is 24.3 Å². The molecule has 0 radical (unpaired) electrons. The van der Waals surface area contributed by atoms with Gasteiger partial charge in [0.15, 0.2) is 5.78 Å². The van der Waals surface area contributed by atoms with Gasteiger partial charge >= 0.3 is 0 Å². The summed E-state index contributed by atoms with van der Waals surface area (Å²) in [5, 5.41) is 11.0.